The Bertz CT molecular complexity index is 647. The Hall–Kier alpha value is -1.47. The summed E-state index contributed by atoms with van der Waals surface area (Å²) in [7, 11) is 0. The Morgan fingerprint density at radius 1 is 0.575 bits per heavy atom. The molecule has 7 nitrogen and oxygen atoms in total. The lowest BCUT2D eigenvalue weighted by molar-refractivity contribution is -0.124. The first-order chi connectivity index (χ1) is 19.4. The van der Waals surface area contributed by atoms with Crippen LogP contribution < -0.4 is 10.6 Å². The van der Waals surface area contributed by atoms with Crippen LogP contribution in [0.4, 0.5) is 0 Å². The fourth-order valence-electron chi connectivity index (χ4n) is 5.23. The minimum absolute atomic E-state index is 0.0124. The Labute approximate surface area is 245 Å². The summed E-state index contributed by atoms with van der Waals surface area (Å²) in [4.78, 5) is 36.1. The average molecular weight is 567 g/mol. The number of hydrogen-bond acceptors (Lipinski definition) is 5. The first kappa shape index (κ1) is 36.6. The highest BCUT2D eigenvalue weighted by Gasteiger charge is 2.23. The minimum Gasteiger partial charge on any atom is -0.379 e. The van der Waals surface area contributed by atoms with E-state index < -0.39 is 0 Å². The number of carbonyl (C=O) groups excluding carboxylic acids is 3. The van der Waals surface area contributed by atoms with Crippen molar-refractivity contribution < 1.29 is 23.9 Å². The first-order valence-electron chi connectivity index (χ1n) is 16.7. The molecule has 1 fully saturated rings. The zero-order valence-electron chi connectivity index (χ0n) is 26.2. The lowest BCUT2D eigenvalue weighted by Crippen LogP contribution is -2.43. The van der Waals surface area contributed by atoms with Gasteiger partial charge in [-0.2, -0.15) is 0 Å². The number of rotatable bonds is 26. The van der Waals surface area contributed by atoms with Crippen molar-refractivity contribution in [3.63, 3.8) is 0 Å². The van der Waals surface area contributed by atoms with Crippen LogP contribution in [0.3, 0.4) is 0 Å². The summed E-state index contributed by atoms with van der Waals surface area (Å²) < 4.78 is 10.9. The van der Waals surface area contributed by atoms with Gasteiger partial charge in [0.05, 0.1) is 26.4 Å². The molecule has 40 heavy (non-hydrogen) atoms. The molecule has 1 rings (SSSR count). The lowest BCUT2D eigenvalue weighted by Gasteiger charge is -2.29. The summed E-state index contributed by atoms with van der Waals surface area (Å²) >= 11 is 0. The van der Waals surface area contributed by atoms with E-state index in [-0.39, 0.29) is 35.6 Å². The number of amides is 2. The second-order valence-corrected chi connectivity index (χ2v) is 12.0. The molecule has 1 saturated carbocycles. The third kappa shape index (κ3) is 21.3. The fourth-order valence-corrected chi connectivity index (χ4v) is 5.23. The molecule has 0 spiro atoms. The third-order valence-corrected chi connectivity index (χ3v) is 7.95. The van der Waals surface area contributed by atoms with Crippen LogP contribution in [-0.2, 0) is 23.9 Å². The van der Waals surface area contributed by atoms with Crippen molar-refractivity contribution in [3.8, 4) is 0 Å². The highest BCUT2D eigenvalue weighted by atomic mass is 16.5. The van der Waals surface area contributed by atoms with Crippen molar-refractivity contribution >= 4 is 17.6 Å². The van der Waals surface area contributed by atoms with Gasteiger partial charge >= 0.3 is 0 Å². The molecule has 7 heteroatoms. The van der Waals surface area contributed by atoms with E-state index in [0.717, 1.165) is 38.5 Å². The lowest BCUT2D eigenvalue weighted by atomic mass is 9.91. The molecule has 2 N–H and O–H groups in total. The molecule has 0 aromatic carbocycles. The smallest absolute Gasteiger partial charge is 0.222 e. The molecule has 0 aliphatic heterocycles. The van der Waals surface area contributed by atoms with Gasteiger partial charge in [-0.1, -0.05) is 97.8 Å². The van der Waals surface area contributed by atoms with Gasteiger partial charge in [-0.3, -0.25) is 14.4 Å². The number of nitrogens with one attached hydrogen (secondary N) is 2. The Morgan fingerprint density at radius 3 is 1.43 bits per heavy atom. The summed E-state index contributed by atoms with van der Waals surface area (Å²) in [5, 5.41) is 6.31. The van der Waals surface area contributed by atoms with E-state index in [1.807, 2.05) is 13.8 Å². The number of Topliss-reactive ketones (excluding diaryl/α,β-unsaturated/α-hetero) is 1. The summed E-state index contributed by atoms with van der Waals surface area (Å²) in [5.41, 5.74) is 0. The van der Waals surface area contributed by atoms with Gasteiger partial charge in [0.25, 0.3) is 0 Å². The van der Waals surface area contributed by atoms with Gasteiger partial charge < -0.3 is 20.1 Å². The quantitative estimate of drug-likeness (QED) is 0.109. The molecule has 2 amide bonds. The Balaban J connectivity index is 1.91. The molecule has 0 aromatic heterocycles. The van der Waals surface area contributed by atoms with E-state index in [9.17, 15) is 14.4 Å². The standard InChI is InChI=1S/C33H62N2O5/c1-4-5-6-7-8-9-10-11-12-13-14-15-16-17-32(37)34-29-18-20-30(21-19-29)35-33(38)23-25-40-27-26-39-24-22-31(36)28(2)3/h28-30H,4-27H2,1-3H3,(H,34,37)(H,35,38). The monoisotopic (exact) mass is 566 g/mol. The molecule has 0 aromatic rings. The van der Waals surface area contributed by atoms with E-state index in [1.54, 1.807) is 0 Å². The number of hydrogen-bond donors (Lipinski definition) is 2. The molecule has 234 valence electrons. The fraction of sp³-hybridized carbons (Fsp3) is 0.909. The Kier molecular flexibility index (Phi) is 23.1. The van der Waals surface area contributed by atoms with Crippen LogP contribution >= 0.6 is 0 Å². The molecule has 1 aliphatic rings. The van der Waals surface area contributed by atoms with Crippen molar-refractivity contribution in [2.45, 2.75) is 161 Å². The SMILES string of the molecule is CCCCCCCCCCCCCCCC(=O)NC1CCC(NC(=O)CCOCCOCCC(=O)C(C)C)CC1. The normalized spacial score (nSPS) is 17.2. The predicted octanol–water partition coefficient (Wildman–Crippen LogP) is 7.05. The summed E-state index contributed by atoms with van der Waals surface area (Å²) in [6.07, 6.45) is 22.2. The first-order valence-corrected chi connectivity index (χ1v) is 16.7. The molecule has 0 saturated heterocycles. The van der Waals surface area contributed by atoms with E-state index in [1.165, 1.54) is 70.6 Å². The van der Waals surface area contributed by atoms with Crippen LogP contribution in [0.1, 0.15) is 149 Å². The van der Waals surface area contributed by atoms with Crippen LogP contribution in [0.15, 0.2) is 0 Å². The highest BCUT2D eigenvalue weighted by Crippen LogP contribution is 2.19. The summed E-state index contributed by atoms with van der Waals surface area (Å²) in [6.45, 7) is 7.69. The van der Waals surface area contributed by atoms with Crippen LogP contribution in [-0.4, -0.2) is 56.1 Å². The summed E-state index contributed by atoms with van der Waals surface area (Å²) in [6, 6.07) is 0.422. The van der Waals surface area contributed by atoms with E-state index in [4.69, 9.17) is 9.47 Å². The maximum absolute atomic E-state index is 12.3. The van der Waals surface area contributed by atoms with Gasteiger partial charge in [-0.15, -0.1) is 0 Å². The molecule has 0 bridgehead atoms. The molecule has 0 atom stereocenters. The molecule has 0 heterocycles. The molecule has 1 aliphatic carbocycles. The van der Waals surface area contributed by atoms with Gasteiger partial charge in [0.2, 0.25) is 11.8 Å². The van der Waals surface area contributed by atoms with Crippen LogP contribution in [0, 0.1) is 5.92 Å². The van der Waals surface area contributed by atoms with Crippen molar-refractivity contribution in [1.82, 2.24) is 10.6 Å². The second kappa shape index (κ2) is 25.3. The van der Waals surface area contributed by atoms with Gasteiger partial charge in [0, 0.05) is 37.3 Å². The van der Waals surface area contributed by atoms with Crippen molar-refractivity contribution in [2.75, 3.05) is 26.4 Å². The maximum atomic E-state index is 12.3. The predicted molar refractivity (Wildman–Crippen MR) is 163 cm³/mol. The minimum atomic E-state index is 0.0124. The van der Waals surface area contributed by atoms with E-state index in [2.05, 4.69) is 17.6 Å². The highest BCUT2D eigenvalue weighted by molar-refractivity contribution is 5.80. The number of unbranched alkanes of at least 4 members (excludes halogenated alkanes) is 12. The van der Waals surface area contributed by atoms with E-state index in [0.29, 0.717) is 45.7 Å². The molecule has 0 unspecified atom stereocenters. The maximum Gasteiger partial charge on any atom is 0.222 e. The van der Waals surface area contributed by atoms with Gasteiger partial charge in [0.1, 0.15) is 5.78 Å². The van der Waals surface area contributed by atoms with Crippen LogP contribution in [0.25, 0.3) is 0 Å². The zero-order chi connectivity index (χ0) is 29.3. The van der Waals surface area contributed by atoms with Gasteiger partial charge in [-0.25, -0.2) is 0 Å². The number of ketones is 1. The summed E-state index contributed by atoms with van der Waals surface area (Å²) in [5.74, 6) is 0.450. The van der Waals surface area contributed by atoms with Crippen LogP contribution in [0.5, 0.6) is 0 Å². The topological polar surface area (TPSA) is 93.7 Å². The van der Waals surface area contributed by atoms with Crippen molar-refractivity contribution in [1.29, 1.82) is 0 Å². The Morgan fingerprint density at radius 2 is 0.975 bits per heavy atom. The average Bonchev–Trinajstić information content (AvgIpc) is 2.93. The largest absolute Gasteiger partial charge is 0.379 e. The van der Waals surface area contributed by atoms with Gasteiger partial charge in [0.15, 0.2) is 0 Å². The van der Waals surface area contributed by atoms with Crippen molar-refractivity contribution in [3.05, 3.63) is 0 Å². The number of carbonyl (C=O) groups is 3. The zero-order valence-corrected chi connectivity index (χ0v) is 26.2. The molecular formula is C33H62N2O5. The number of ether oxygens (including phenoxy) is 2. The van der Waals surface area contributed by atoms with Gasteiger partial charge in [-0.05, 0) is 32.1 Å². The second-order valence-electron chi connectivity index (χ2n) is 12.0. The molecule has 0 radical (unpaired) electrons. The van der Waals surface area contributed by atoms with Crippen LogP contribution in [0.2, 0.25) is 0 Å². The van der Waals surface area contributed by atoms with E-state index >= 15 is 0 Å². The van der Waals surface area contributed by atoms with Crippen molar-refractivity contribution in [2.24, 2.45) is 5.92 Å². The third-order valence-electron chi connectivity index (χ3n) is 7.95. The molecular weight excluding hydrogens is 504 g/mol.